The van der Waals surface area contributed by atoms with Crippen molar-refractivity contribution in [1.82, 2.24) is 4.98 Å². The van der Waals surface area contributed by atoms with E-state index < -0.39 is 0 Å². The molecule has 152 valence electrons. The molecular weight excluding hydrogens is 378 g/mol. The van der Waals surface area contributed by atoms with Crippen molar-refractivity contribution in [3.8, 4) is 33.8 Å². The van der Waals surface area contributed by atoms with Gasteiger partial charge in [0.05, 0.1) is 33.0 Å². The summed E-state index contributed by atoms with van der Waals surface area (Å²) in [6.07, 6.45) is 1.84. The van der Waals surface area contributed by atoms with Gasteiger partial charge in [-0.1, -0.05) is 36.4 Å². The largest absolute Gasteiger partial charge is 0.493 e. The van der Waals surface area contributed by atoms with E-state index in [1.54, 1.807) is 14.2 Å². The maximum absolute atomic E-state index is 9.82. The van der Waals surface area contributed by atoms with Gasteiger partial charge in [0.1, 0.15) is 0 Å². The van der Waals surface area contributed by atoms with E-state index in [-0.39, 0.29) is 13.2 Å². The zero-order valence-corrected chi connectivity index (χ0v) is 16.9. The van der Waals surface area contributed by atoms with Crippen molar-refractivity contribution in [2.45, 2.75) is 13.2 Å². The maximum atomic E-state index is 9.82. The summed E-state index contributed by atoms with van der Waals surface area (Å²) in [4.78, 5) is 4.66. The van der Waals surface area contributed by atoms with Gasteiger partial charge in [-0.05, 0) is 46.5 Å². The number of aliphatic hydroxyl groups excluding tert-OH is 2. The maximum Gasteiger partial charge on any atom is 0.161 e. The Hall–Kier alpha value is -3.41. The fraction of sp³-hybridized carbons (Fsp3) is 0.160. The van der Waals surface area contributed by atoms with Gasteiger partial charge >= 0.3 is 0 Å². The number of hydrogen-bond acceptors (Lipinski definition) is 5. The molecule has 2 N–H and O–H groups in total. The Morgan fingerprint density at radius 1 is 0.767 bits per heavy atom. The molecule has 0 spiro atoms. The lowest BCUT2D eigenvalue weighted by atomic mass is 9.91. The van der Waals surface area contributed by atoms with Gasteiger partial charge in [0.15, 0.2) is 11.5 Å². The van der Waals surface area contributed by atoms with Crippen molar-refractivity contribution in [3.63, 3.8) is 0 Å². The Kier molecular flexibility index (Phi) is 5.65. The number of ether oxygens (including phenoxy) is 2. The summed E-state index contributed by atoms with van der Waals surface area (Å²) in [5.74, 6) is 1.30. The first-order chi connectivity index (χ1) is 14.7. The third kappa shape index (κ3) is 3.49. The minimum absolute atomic E-state index is 0.147. The predicted molar refractivity (Wildman–Crippen MR) is 118 cm³/mol. The molecule has 0 radical (unpaired) electrons. The van der Waals surface area contributed by atoms with Crippen LogP contribution in [-0.2, 0) is 13.2 Å². The molecule has 1 aromatic heterocycles. The summed E-state index contributed by atoms with van der Waals surface area (Å²) < 4.78 is 10.9. The summed E-state index contributed by atoms with van der Waals surface area (Å²) in [5, 5.41) is 20.4. The standard InChI is InChI=1S/C25H23NO4/c1-29-23-9-8-17(12-24(23)30-2)21-13-26-22-11-19(15-28)18(14-27)10-20(22)25(21)16-6-4-3-5-7-16/h3-13,27-28H,14-15H2,1-2H3. The Bertz CT molecular complexity index is 1190. The van der Waals surface area contributed by atoms with E-state index >= 15 is 0 Å². The normalized spacial score (nSPS) is 10.9. The van der Waals surface area contributed by atoms with Crippen molar-refractivity contribution in [2.24, 2.45) is 0 Å². The fourth-order valence-electron chi connectivity index (χ4n) is 3.76. The Morgan fingerprint density at radius 2 is 1.47 bits per heavy atom. The highest BCUT2D eigenvalue weighted by molar-refractivity contribution is 6.02. The predicted octanol–water partition coefficient (Wildman–Crippen LogP) is 4.57. The summed E-state index contributed by atoms with van der Waals surface area (Å²) >= 11 is 0. The first-order valence-electron chi connectivity index (χ1n) is 9.64. The molecule has 5 heteroatoms. The number of fused-ring (bicyclic) bond motifs is 1. The SMILES string of the molecule is COc1ccc(-c2cnc3cc(CO)c(CO)cc3c2-c2ccccc2)cc1OC. The molecule has 0 unspecified atom stereocenters. The molecular formula is C25H23NO4. The number of methoxy groups -OCH3 is 2. The second-order valence-corrected chi connectivity index (χ2v) is 6.94. The quantitative estimate of drug-likeness (QED) is 0.495. The first-order valence-corrected chi connectivity index (χ1v) is 9.64. The molecule has 0 aliphatic rings. The monoisotopic (exact) mass is 401 g/mol. The summed E-state index contributed by atoms with van der Waals surface area (Å²) in [5.41, 5.74) is 6.05. The fourth-order valence-corrected chi connectivity index (χ4v) is 3.76. The van der Waals surface area contributed by atoms with E-state index in [1.807, 2.05) is 54.7 Å². The average molecular weight is 401 g/mol. The van der Waals surface area contributed by atoms with Crippen LogP contribution in [0.25, 0.3) is 33.2 Å². The smallest absolute Gasteiger partial charge is 0.161 e. The lowest BCUT2D eigenvalue weighted by Gasteiger charge is -2.17. The third-order valence-electron chi connectivity index (χ3n) is 5.29. The van der Waals surface area contributed by atoms with Gasteiger partial charge in [-0.25, -0.2) is 0 Å². The number of aliphatic hydroxyl groups is 2. The molecule has 0 bridgehead atoms. The molecule has 0 saturated heterocycles. The highest BCUT2D eigenvalue weighted by atomic mass is 16.5. The molecule has 4 aromatic rings. The molecule has 0 saturated carbocycles. The van der Waals surface area contributed by atoms with E-state index in [0.29, 0.717) is 22.6 Å². The summed E-state index contributed by atoms with van der Waals surface area (Å²) in [6, 6.07) is 19.6. The summed E-state index contributed by atoms with van der Waals surface area (Å²) in [6.45, 7) is -0.299. The minimum Gasteiger partial charge on any atom is -0.493 e. The lowest BCUT2D eigenvalue weighted by molar-refractivity contribution is 0.260. The Labute approximate surface area is 175 Å². The van der Waals surface area contributed by atoms with Crippen LogP contribution in [0.3, 0.4) is 0 Å². The molecule has 5 nitrogen and oxygen atoms in total. The van der Waals surface area contributed by atoms with E-state index in [2.05, 4.69) is 17.1 Å². The van der Waals surface area contributed by atoms with Crippen molar-refractivity contribution < 1.29 is 19.7 Å². The van der Waals surface area contributed by atoms with Crippen LogP contribution in [-0.4, -0.2) is 29.4 Å². The van der Waals surface area contributed by atoms with E-state index in [9.17, 15) is 10.2 Å². The molecule has 0 aliphatic carbocycles. The third-order valence-corrected chi connectivity index (χ3v) is 5.29. The molecule has 1 heterocycles. The zero-order chi connectivity index (χ0) is 21.1. The van der Waals surface area contributed by atoms with Crippen LogP contribution >= 0.6 is 0 Å². The second-order valence-electron chi connectivity index (χ2n) is 6.94. The number of pyridine rings is 1. The van der Waals surface area contributed by atoms with Crippen LogP contribution < -0.4 is 9.47 Å². The highest BCUT2D eigenvalue weighted by Crippen LogP contribution is 2.40. The molecule has 30 heavy (non-hydrogen) atoms. The molecule has 0 fully saturated rings. The summed E-state index contributed by atoms with van der Waals surface area (Å²) in [7, 11) is 3.22. The average Bonchev–Trinajstić information content (AvgIpc) is 2.82. The van der Waals surface area contributed by atoms with Crippen LogP contribution in [0.1, 0.15) is 11.1 Å². The van der Waals surface area contributed by atoms with Gasteiger partial charge < -0.3 is 19.7 Å². The van der Waals surface area contributed by atoms with E-state index in [4.69, 9.17) is 9.47 Å². The van der Waals surface area contributed by atoms with E-state index in [1.165, 1.54) is 0 Å². The van der Waals surface area contributed by atoms with Crippen molar-refractivity contribution in [1.29, 1.82) is 0 Å². The molecule has 4 rings (SSSR count). The zero-order valence-electron chi connectivity index (χ0n) is 16.9. The van der Waals surface area contributed by atoms with Crippen LogP contribution in [0.2, 0.25) is 0 Å². The first kappa shape index (κ1) is 19.9. The Morgan fingerprint density at radius 3 is 2.13 bits per heavy atom. The van der Waals surface area contributed by atoms with Crippen molar-refractivity contribution in [3.05, 3.63) is 78.0 Å². The number of hydrogen-bond donors (Lipinski definition) is 2. The van der Waals surface area contributed by atoms with Gasteiger partial charge in [0.2, 0.25) is 0 Å². The van der Waals surface area contributed by atoms with Crippen LogP contribution in [0, 0.1) is 0 Å². The number of benzene rings is 3. The van der Waals surface area contributed by atoms with Gasteiger partial charge in [-0.2, -0.15) is 0 Å². The second kappa shape index (κ2) is 8.53. The van der Waals surface area contributed by atoms with Crippen LogP contribution in [0.4, 0.5) is 0 Å². The number of rotatable bonds is 6. The molecule has 3 aromatic carbocycles. The van der Waals surface area contributed by atoms with Gasteiger partial charge in [-0.15, -0.1) is 0 Å². The number of aromatic nitrogens is 1. The molecule has 0 amide bonds. The highest BCUT2D eigenvalue weighted by Gasteiger charge is 2.16. The van der Waals surface area contributed by atoms with Gasteiger partial charge in [0, 0.05) is 22.7 Å². The lowest BCUT2D eigenvalue weighted by Crippen LogP contribution is -1.98. The van der Waals surface area contributed by atoms with Crippen LogP contribution in [0.15, 0.2) is 66.9 Å². The Balaban J connectivity index is 2.05. The minimum atomic E-state index is -0.152. The van der Waals surface area contributed by atoms with E-state index in [0.717, 1.165) is 33.2 Å². The number of nitrogens with zero attached hydrogens (tertiary/aromatic N) is 1. The van der Waals surface area contributed by atoms with Crippen molar-refractivity contribution >= 4 is 10.9 Å². The topological polar surface area (TPSA) is 71.8 Å². The van der Waals surface area contributed by atoms with Gasteiger partial charge in [0.25, 0.3) is 0 Å². The van der Waals surface area contributed by atoms with Crippen LogP contribution in [0.5, 0.6) is 11.5 Å². The molecule has 0 aliphatic heterocycles. The molecule has 0 atom stereocenters. The van der Waals surface area contributed by atoms with Crippen molar-refractivity contribution in [2.75, 3.05) is 14.2 Å². The van der Waals surface area contributed by atoms with Gasteiger partial charge in [-0.3, -0.25) is 4.98 Å².